The zero-order valence-electron chi connectivity index (χ0n) is 7.26. The van der Waals surface area contributed by atoms with Gasteiger partial charge in [0.05, 0.1) is 0 Å². The largest absolute Gasteiger partial charge is 0.326 e. The Bertz CT molecular complexity index is 261. The molecular weight excluding hydrogens is 150 g/mol. The van der Waals surface area contributed by atoms with Crippen LogP contribution in [0.2, 0.25) is 0 Å². The fourth-order valence-electron chi connectivity index (χ4n) is 1.25. The van der Waals surface area contributed by atoms with Crippen LogP contribution in [0.25, 0.3) is 0 Å². The van der Waals surface area contributed by atoms with Crippen molar-refractivity contribution < 1.29 is 4.79 Å². The van der Waals surface area contributed by atoms with Gasteiger partial charge in [-0.1, -0.05) is 24.8 Å². The van der Waals surface area contributed by atoms with Gasteiger partial charge in [-0.15, -0.1) is 0 Å². The van der Waals surface area contributed by atoms with Crippen molar-refractivity contribution in [3.05, 3.63) is 36.1 Å². The minimum absolute atomic E-state index is 0.101. The first-order valence-electron chi connectivity index (χ1n) is 4.06. The molecule has 0 aromatic heterocycles. The average molecular weight is 163 g/mol. The molecular formula is C10H13NO. The maximum Gasteiger partial charge on any atom is 0.224 e. The Morgan fingerprint density at radius 2 is 2.25 bits per heavy atom. The minimum atomic E-state index is 0.101. The third-order valence-electron chi connectivity index (χ3n) is 1.85. The van der Waals surface area contributed by atoms with Gasteiger partial charge in [-0.2, -0.15) is 0 Å². The number of nitrogens with one attached hydrogen (secondary N) is 1. The summed E-state index contributed by atoms with van der Waals surface area (Å²) in [7, 11) is 0. The van der Waals surface area contributed by atoms with Crippen molar-refractivity contribution in [1.29, 1.82) is 0 Å². The molecule has 1 saturated heterocycles. The summed E-state index contributed by atoms with van der Waals surface area (Å²) >= 11 is 0. The van der Waals surface area contributed by atoms with Crippen LogP contribution in [0.15, 0.2) is 36.1 Å². The van der Waals surface area contributed by atoms with E-state index in [9.17, 15) is 4.79 Å². The second kappa shape index (κ2) is 3.90. The van der Waals surface area contributed by atoms with Crippen LogP contribution < -0.4 is 5.32 Å². The van der Waals surface area contributed by atoms with E-state index >= 15 is 0 Å². The average Bonchev–Trinajstić information content (AvgIpc) is 2.08. The number of allylic oxidation sites excluding steroid dienone is 4. The second-order valence-electron chi connectivity index (χ2n) is 2.68. The zero-order chi connectivity index (χ0) is 8.97. The highest BCUT2D eigenvalue weighted by Crippen LogP contribution is 2.18. The fraction of sp³-hybridized carbons (Fsp3) is 0.300. The molecule has 1 aliphatic rings. The number of rotatable bonds is 1. The predicted octanol–water partition coefficient (Wildman–Crippen LogP) is 1.91. The Kier molecular flexibility index (Phi) is 2.86. The lowest BCUT2D eigenvalue weighted by Crippen LogP contribution is -2.28. The van der Waals surface area contributed by atoms with E-state index < -0.39 is 0 Å². The number of amides is 1. The number of hydrogen-bond donors (Lipinski definition) is 1. The fourth-order valence-corrected chi connectivity index (χ4v) is 1.25. The van der Waals surface area contributed by atoms with Crippen molar-refractivity contribution in [2.45, 2.75) is 19.8 Å². The summed E-state index contributed by atoms with van der Waals surface area (Å²) in [6, 6.07) is 0. The van der Waals surface area contributed by atoms with Crippen LogP contribution in [0, 0.1) is 0 Å². The molecule has 0 saturated carbocycles. The van der Waals surface area contributed by atoms with Crippen LogP contribution in [0.1, 0.15) is 19.8 Å². The molecule has 1 rings (SSSR count). The Labute approximate surface area is 72.7 Å². The molecule has 0 radical (unpaired) electrons. The van der Waals surface area contributed by atoms with E-state index in [1.165, 1.54) is 0 Å². The summed E-state index contributed by atoms with van der Waals surface area (Å²) in [4.78, 5) is 11.0. The third kappa shape index (κ3) is 1.84. The van der Waals surface area contributed by atoms with Crippen LogP contribution >= 0.6 is 0 Å². The van der Waals surface area contributed by atoms with E-state index in [0.29, 0.717) is 6.42 Å². The lowest BCUT2D eigenvalue weighted by molar-refractivity contribution is -0.120. The monoisotopic (exact) mass is 163 g/mol. The van der Waals surface area contributed by atoms with Crippen molar-refractivity contribution in [1.82, 2.24) is 5.32 Å². The van der Waals surface area contributed by atoms with E-state index in [0.717, 1.165) is 17.7 Å². The van der Waals surface area contributed by atoms with Gasteiger partial charge in [0.15, 0.2) is 0 Å². The van der Waals surface area contributed by atoms with Crippen molar-refractivity contribution in [3.8, 4) is 0 Å². The number of piperidine rings is 1. The standard InChI is InChI=1S/C10H13NO/c1-3-5-8-6-7-10(12)11-9(8)4-2/h3-5H,1,6-7H2,2H3,(H,11,12)/b8-5-,9-4+. The van der Waals surface area contributed by atoms with Crippen LogP contribution in [0.4, 0.5) is 0 Å². The second-order valence-corrected chi connectivity index (χ2v) is 2.68. The number of hydrogen-bond acceptors (Lipinski definition) is 1. The van der Waals surface area contributed by atoms with Crippen molar-refractivity contribution in [2.75, 3.05) is 0 Å². The molecule has 1 fully saturated rings. The van der Waals surface area contributed by atoms with Crippen LogP contribution in [-0.4, -0.2) is 5.91 Å². The molecule has 1 aliphatic heterocycles. The van der Waals surface area contributed by atoms with Gasteiger partial charge in [-0.3, -0.25) is 4.79 Å². The molecule has 1 N–H and O–H groups in total. The summed E-state index contributed by atoms with van der Waals surface area (Å²) in [5.41, 5.74) is 2.08. The van der Waals surface area contributed by atoms with E-state index in [1.54, 1.807) is 6.08 Å². The lowest BCUT2D eigenvalue weighted by Gasteiger charge is -2.18. The molecule has 12 heavy (non-hydrogen) atoms. The quantitative estimate of drug-likeness (QED) is 0.628. The summed E-state index contributed by atoms with van der Waals surface area (Å²) < 4.78 is 0. The first kappa shape index (κ1) is 8.78. The third-order valence-corrected chi connectivity index (χ3v) is 1.85. The highest BCUT2D eigenvalue weighted by Gasteiger charge is 2.14. The maximum atomic E-state index is 11.0. The van der Waals surface area contributed by atoms with Gasteiger partial charge in [0, 0.05) is 12.1 Å². The predicted molar refractivity (Wildman–Crippen MR) is 49.4 cm³/mol. The Morgan fingerprint density at radius 1 is 1.50 bits per heavy atom. The number of carbonyl (C=O) groups excluding carboxylic acids is 1. The normalized spacial score (nSPS) is 24.2. The van der Waals surface area contributed by atoms with Gasteiger partial charge in [0.1, 0.15) is 0 Å². The Balaban J connectivity index is 2.83. The SMILES string of the molecule is C=C/C=C1/CCC(=O)N/C1=C/C. The molecule has 0 atom stereocenters. The Hall–Kier alpha value is -1.31. The highest BCUT2D eigenvalue weighted by molar-refractivity contribution is 5.81. The van der Waals surface area contributed by atoms with E-state index in [-0.39, 0.29) is 5.91 Å². The van der Waals surface area contributed by atoms with E-state index in [4.69, 9.17) is 0 Å². The highest BCUT2D eigenvalue weighted by atomic mass is 16.1. The van der Waals surface area contributed by atoms with Gasteiger partial charge in [0.25, 0.3) is 0 Å². The van der Waals surface area contributed by atoms with Crippen molar-refractivity contribution in [3.63, 3.8) is 0 Å². The van der Waals surface area contributed by atoms with Crippen molar-refractivity contribution >= 4 is 5.91 Å². The molecule has 1 amide bonds. The molecule has 2 heteroatoms. The topological polar surface area (TPSA) is 29.1 Å². The zero-order valence-corrected chi connectivity index (χ0v) is 7.26. The lowest BCUT2D eigenvalue weighted by atomic mass is 10.0. The van der Waals surface area contributed by atoms with E-state index in [2.05, 4.69) is 11.9 Å². The van der Waals surface area contributed by atoms with Crippen LogP contribution in [0.5, 0.6) is 0 Å². The van der Waals surface area contributed by atoms with Gasteiger partial charge < -0.3 is 5.32 Å². The molecule has 0 spiro atoms. The molecule has 0 aromatic carbocycles. The van der Waals surface area contributed by atoms with Gasteiger partial charge >= 0.3 is 0 Å². The van der Waals surface area contributed by atoms with E-state index in [1.807, 2.05) is 19.1 Å². The molecule has 64 valence electrons. The molecule has 0 unspecified atom stereocenters. The van der Waals surface area contributed by atoms with Gasteiger partial charge in [0.2, 0.25) is 5.91 Å². The molecule has 1 heterocycles. The Morgan fingerprint density at radius 3 is 2.83 bits per heavy atom. The molecule has 0 aliphatic carbocycles. The molecule has 0 aromatic rings. The summed E-state index contributed by atoms with van der Waals surface area (Å²) in [6.45, 7) is 5.54. The minimum Gasteiger partial charge on any atom is -0.326 e. The summed E-state index contributed by atoms with van der Waals surface area (Å²) in [5, 5.41) is 2.81. The van der Waals surface area contributed by atoms with Crippen LogP contribution in [-0.2, 0) is 4.79 Å². The van der Waals surface area contributed by atoms with Crippen molar-refractivity contribution in [2.24, 2.45) is 0 Å². The first-order chi connectivity index (χ1) is 5.77. The summed E-state index contributed by atoms with van der Waals surface area (Å²) in [6.07, 6.45) is 6.99. The van der Waals surface area contributed by atoms with Gasteiger partial charge in [-0.25, -0.2) is 0 Å². The number of carbonyl (C=O) groups is 1. The summed E-state index contributed by atoms with van der Waals surface area (Å²) in [5.74, 6) is 0.101. The first-order valence-corrected chi connectivity index (χ1v) is 4.06. The molecule has 2 nitrogen and oxygen atoms in total. The molecule has 0 bridgehead atoms. The smallest absolute Gasteiger partial charge is 0.224 e. The van der Waals surface area contributed by atoms with Crippen LogP contribution in [0.3, 0.4) is 0 Å². The maximum absolute atomic E-state index is 11.0. The van der Waals surface area contributed by atoms with Gasteiger partial charge in [-0.05, 0) is 18.9 Å².